The third-order valence-electron chi connectivity index (χ3n) is 7.37. The fraction of sp³-hybridized carbons (Fsp3) is 0.314. The molecule has 0 saturated heterocycles. The van der Waals surface area contributed by atoms with Crippen molar-refractivity contribution in [2.75, 3.05) is 26.0 Å². The molecule has 0 aliphatic heterocycles. The van der Waals surface area contributed by atoms with Crippen molar-refractivity contribution in [2.24, 2.45) is 0 Å². The van der Waals surface area contributed by atoms with E-state index in [1.807, 2.05) is 60.7 Å². The van der Waals surface area contributed by atoms with Crippen molar-refractivity contribution >= 4 is 23.4 Å². The van der Waals surface area contributed by atoms with Gasteiger partial charge in [-0.1, -0.05) is 84.4 Å². The van der Waals surface area contributed by atoms with E-state index in [2.05, 4.69) is 4.90 Å². The molecule has 0 unspecified atom stereocenters. The van der Waals surface area contributed by atoms with E-state index in [1.165, 1.54) is 37.7 Å². The van der Waals surface area contributed by atoms with E-state index in [0.29, 0.717) is 35.7 Å². The van der Waals surface area contributed by atoms with Crippen LogP contribution in [0, 0.1) is 5.82 Å². The molecule has 4 aromatic rings. The molecule has 9 heteroatoms. The van der Waals surface area contributed by atoms with Crippen LogP contribution in [0.4, 0.5) is 17.6 Å². The predicted molar refractivity (Wildman–Crippen MR) is 170 cm³/mol. The van der Waals surface area contributed by atoms with Crippen molar-refractivity contribution in [3.63, 3.8) is 0 Å². The minimum absolute atomic E-state index is 0.0458. The number of nitrogens with zero attached hydrogens (tertiary/aromatic N) is 1. The van der Waals surface area contributed by atoms with Gasteiger partial charge in [0.25, 0.3) is 0 Å². The number of rotatable bonds is 13. The van der Waals surface area contributed by atoms with Crippen LogP contribution in [0.3, 0.4) is 0 Å². The predicted octanol–water partition coefficient (Wildman–Crippen LogP) is 9.55. The highest BCUT2D eigenvalue weighted by atomic mass is 35.5. The van der Waals surface area contributed by atoms with E-state index < -0.39 is 23.2 Å². The summed E-state index contributed by atoms with van der Waals surface area (Å²) in [5, 5.41) is 10.1. The van der Waals surface area contributed by atoms with Crippen LogP contribution in [0.1, 0.15) is 54.0 Å². The minimum Gasteiger partial charge on any atom is -0.493 e. The Balaban J connectivity index is 1.57. The van der Waals surface area contributed by atoms with Crippen LogP contribution in [0.5, 0.6) is 5.75 Å². The summed E-state index contributed by atoms with van der Waals surface area (Å²) in [4.78, 5) is 2.67. The van der Waals surface area contributed by atoms with Crippen LogP contribution in [0.2, 0.25) is 5.02 Å². The van der Waals surface area contributed by atoms with Gasteiger partial charge in [0.1, 0.15) is 11.6 Å². The molecule has 0 aromatic heterocycles. The molecule has 0 aliphatic rings. The standard InChI is InChI=1S/C35H36ClF4NO2S/c1-34(2,42)32-30(37)20-27(21-31(32)44-3)43-19-11-18-41(22-26-16-10-17-29(33(26)36)35(38,39)40)23-28(24-12-6-4-7-13-24)25-14-8-5-9-15-25/h4-10,12-17,20-21,28,42H,11,18-19,22-23H2,1-3H3. The van der Waals surface area contributed by atoms with Crippen molar-refractivity contribution in [1.29, 1.82) is 0 Å². The summed E-state index contributed by atoms with van der Waals surface area (Å²) in [5.41, 5.74) is 0.568. The molecule has 0 aliphatic carbocycles. The maximum Gasteiger partial charge on any atom is 0.417 e. The fourth-order valence-electron chi connectivity index (χ4n) is 5.30. The average molecular weight is 646 g/mol. The molecule has 0 heterocycles. The first kappa shape index (κ1) is 33.8. The first-order valence-electron chi connectivity index (χ1n) is 14.3. The Labute approximate surface area is 265 Å². The lowest BCUT2D eigenvalue weighted by Gasteiger charge is -2.29. The number of aliphatic hydroxyl groups is 1. The van der Waals surface area contributed by atoms with Gasteiger partial charge in [-0.25, -0.2) is 4.39 Å². The Morgan fingerprint density at radius 2 is 1.52 bits per heavy atom. The highest BCUT2D eigenvalue weighted by molar-refractivity contribution is 7.98. The van der Waals surface area contributed by atoms with Gasteiger partial charge in [-0.3, -0.25) is 4.90 Å². The molecular formula is C35H36ClF4NO2S. The van der Waals surface area contributed by atoms with Crippen LogP contribution in [0.15, 0.2) is 95.9 Å². The van der Waals surface area contributed by atoms with Gasteiger partial charge in [0.05, 0.1) is 22.8 Å². The number of thioether (sulfide) groups is 1. The van der Waals surface area contributed by atoms with E-state index in [-0.39, 0.29) is 29.7 Å². The molecule has 0 atom stereocenters. The summed E-state index contributed by atoms with van der Waals surface area (Å²) in [7, 11) is 0. The summed E-state index contributed by atoms with van der Waals surface area (Å²) in [6.45, 7) is 4.53. The Bertz CT molecular complexity index is 1470. The van der Waals surface area contributed by atoms with Crippen LogP contribution in [0.25, 0.3) is 0 Å². The summed E-state index contributed by atoms with van der Waals surface area (Å²) >= 11 is 7.63. The van der Waals surface area contributed by atoms with E-state index in [4.69, 9.17) is 16.3 Å². The molecule has 3 nitrogen and oxygen atoms in total. The Morgan fingerprint density at radius 1 is 0.909 bits per heavy atom. The van der Waals surface area contributed by atoms with E-state index >= 15 is 0 Å². The third-order valence-corrected chi connectivity index (χ3v) is 8.58. The van der Waals surface area contributed by atoms with E-state index in [9.17, 15) is 22.7 Å². The SMILES string of the molecule is CSc1cc(OCCCN(Cc2cccc(C(F)(F)F)c2Cl)CC(c2ccccc2)c2ccccc2)cc(F)c1C(C)(C)O. The smallest absolute Gasteiger partial charge is 0.417 e. The number of halogens is 5. The summed E-state index contributed by atoms with van der Waals surface area (Å²) < 4.78 is 61.8. The second kappa shape index (κ2) is 14.8. The molecule has 0 bridgehead atoms. The Hall–Kier alpha value is -3.04. The lowest BCUT2D eigenvalue weighted by atomic mass is 9.90. The van der Waals surface area contributed by atoms with Crippen LogP contribution < -0.4 is 4.74 Å². The molecule has 0 saturated carbocycles. The first-order valence-corrected chi connectivity index (χ1v) is 15.9. The highest BCUT2D eigenvalue weighted by Gasteiger charge is 2.34. The van der Waals surface area contributed by atoms with Crippen LogP contribution in [-0.2, 0) is 18.3 Å². The third kappa shape index (κ3) is 8.78. The van der Waals surface area contributed by atoms with Crippen molar-refractivity contribution in [3.8, 4) is 5.75 Å². The second-order valence-corrected chi connectivity index (χ2v) is 12.4. The largest absolute Gasteiger partial charge is 0.493 e. The topological polar surface area (TPSA) is 32.7 Å². The van der Waals surface area contributed by atoms with Crippen LogP contribution >= 0.6 is 23.4 Å². The quantitative estimate of drug-likeness (QED) is 0.0892. The van der Waals surface area contributed by atoms with Gasteiger partial charge < -0.3 is 9.84 Å². The maximum atomic E-state index is 14.9. The molecule has 4 aromatic carbocycles. The maximum absolute atomic E-state index is 14.9. The minimum atomic E-state index is -4.56. The van der Waals surface area contributed by atoms with Crippen molar-refractivity contribution in [1.82, 2.24) is 4.90 Å². The molecule has 1 N–H and O–H groups in total. The van der Waals surface area contributed by atoms with Gasteiger partial charge in [-0.2, -0.15) is 13.2 Å². The van der Waals surface area contributed by atoms with E-state index in [0.717, 1.165) is 17.2 Å². The van der Waals surface area contributed by atoms with Crippen molar-refractivity contribution < 1.29 is 27.4 Å². The van der Waals surface area contributed by atoms with Gasteiger partial charge in [0.2, 0.25) is 0 Å². The van der Waals surface area contributed by atoms with Gasteiger partial charge in [-0.05, 0) is 55.3 Å². The average Bonchev–Trinajstić information content (AvgIpc) is 2.98. The number of hydrogen-bond donors (Lipinski definition) is 1. The normalized spacial score (nSPS) is 12.2. The fourth-order valence-corrected chi connectivity index (χ4v) is 6.38. The summed E-state index contributed by atoms with van der Waals surface area (Å²) in [6.07, 6.45) is -2.23. The first-order chi connectivity index (χ1) is 20.9. The van der Waals surface area contributed by atoms with Gasteiger partial charge >= 0.3 is 6.18 Å². The van der Waals surface area contributed by atoms with Gasteiger partial charge in [-0.15, -0.1) is 11.8 Å². The number of hydrogen-bond acceptors (Lipinski definition) is 4. The zero-order valence-corrected chi connectivity index (χ0v) is 26.4. The number of ether oxygens (including phenoxy) is 1. The monoisotopic (exact) mass is 645 g/mol. The second-order valence-electron chi connectivity index (χ2n) is 11.1. The molecule has 44 heavy (non-hydrogen) atoms. The van der Waals surface area contributed by atoms with Gasteiger partial charge in [0.15, 0.2) is 0 Å². The highest BCUT2D eigenvalue weighted by Crippen LogP contribution is 2.38. The zero-order valence-electron chi connectivity index (χ0n) is 24.9. The molecule has 0 amide bonds. The molecule has 234 valence electrons. The lowest BCUT2D eigenvalue weighted by molar-refractivity contribution is -0.137. The van der Waals surface area contributed by atoms with E-state index in [1.54, 1.807) is 18.4 Å². The number of alkyl halides is 3. The Kier molecular flexibility index (Phi) is 11.4. The van der Waals surface area contributed by atoms with Crippen molar-refractivity contribution in [3.05, 3.63) is 130 Å². The lowest BCUT2D eigenvalue weighted by Crippen LogP contribution is -2.31. The number of benzene rings is 4. The molecular weight excluding hydrogens is 610 g/mol. The Morgan fingerprint density at radius 3 is 2.07 bits per heavy atom. The molecule has 0 spiro atoms. The summed E-state index contributed by atoms with van der Waals surface area (Å²) in [6, 6.07) is 26.9. The molecule has 0 radical (unpaired) electrons. The molecule has 0 fully saturated rings. The van der Waals surface area contributed by atoms with Gasteiger partial charge in [0, 0.05) is 42.1 Å². The summed E-state index contributed by atoms with van der Waals surface area (Å²) in [5.74, 6) is -0.247. The zero-order chi connectivity index (χ0) is 31.9. The molecule has 4 rings (SSSR count). The van der Waals surface area contributed by atoms with Crippen LogP contribution in [-0.4, -0.2) is 36.0 Å². The van der Waals surface area contributed by atoms with Crippen molar-refractivity contribution in [2.45, 2.75) is 49.4 Å².